The van der Waals surface area contributed by atoms with E-state index in [4.69, 9.17) is 0 Å². The van der Waals surface area contributed by atoms with Gasteiger partial charge in [-0.1, -0.05) is 17.7 Å². The molecule has 1 amide bonds. The van der Waals surface area contributed by atoms with Gasteiger partial charge < -0.3 is 4.90 Å². The van der Waals surface area contributed by atoms with Crippen LogP contribution in [-0.2, 0) is 17.8 Å². The zero-order valence-corrected chi connectivity index (χ0v) is 10.9. The van der Waals surface area contributed by atoms with Crippen LogP contribution in [0.1, 0.15) is 29.2 Å². The fraction of sp³-hybridized carbons (Fsp3) is 0.500. The number of halogens is 2. The average molecular weight is 253 g/mol. The lowest BCUT2D eigenvalue weighted by atomic mass is 9.93. The maximum atomic E-state index is 13.0. The van der Waals surface area contributed by atoms with Gasteiger partial charge in [-0.2, -0.15) is 8.78 Å². The number of carbonyl (C=O) groups is 1. The maximum absolute atomic E-state index is 13.0. The number of aryl methyl sites for hydroxylation is 2. The normalized spacial score (nSPS) is 15.5. The van der Waals surface area contributed by atoms with E-state index in [1.807, 2.05) is 19.9 Å². The van der Waals surface area contributed by atoms with Crippen molar-refractivity contribution in [1.82, 2.24) is 4.90 Å². The fourth-order valence-electron chi connectivity index (χ4n) is 2.57. The first-order valence-corrected chi connectivity index (χ1v) is 6.05. The summed E-state index contributed by atoms with van der Waals surface area (Å²) < 4.78 is 26.1. The molecule has 0 spiro atoms. The summed E-state index contributed by atoms with van der Waals surface area (Å²) in [6.07, 6.45) is 0.656. The summed E-state index contributed by atoms with van der Waals surface area (Å²) in [5.41, 5.74) is 4.48. The monoisotopic (exact) mass is 253 g/mol. The summed E-state index contributed by atoms with van der Waals surface area (Å²) in [6, 6.07) is 4.07. The molecule has 0 N–H and O–H groups in total. The number of rotatable bonds is 1. The average Bonchev–Trinajstić information content (AvgIpc) is 2.25. The minimum absolute atomic E-state index is 0.292. The molecule has 1 aromatic carbocycles. The number of hydrogen-bond donors (Lipinski definition) is 0. The lowest BCUT2D eigenvalue weighted by Crippen LogP contribution is -2.44. The molecule has 98 valence electrons. The number of amides is 1. The van der Waals surface area contributed by atoms with Gasteiger partial charge in [-0.25, -0.2) is 0 Å². The van der Waals surface area contributed by atoms with Crippen molar-refractivity contribution in [1.29, 1.82) is 0 Å². The highest BCUT2D eigenvalue weighted by molar-refractivity contribution is 5.83. The zero-order chi connectivity index (χ0) is 13.5. The van der Waals surface area contributed by atoms with Gasteiger partial charge in [0.05, 0.1) is 0 Å². The van der Waals surface area contributed by atoms with E-state index >= 15 is 0 Å². The minimum atomic E-state index is -3.28. The van der Waals surface area contributed by atoms with Crippen molar-refractivity contribution in [3.05, 3.63) is 34.4 Å². The van der Waals surface area contributed by atoms with E-state index < -0.39 is 11.8 Å². The van der Waals surface area contributed by atoms with Crippen LogP contribution in [0.5, 0.6) is 0 Å². The lowest BCUT2D eigenvalue weighted by Gasteiger charge is -2.31. The van der Waals surface area contributed by atoms with Crippen LogP contribution in [-0.4, -0.2) is 23.3 Å². The molecule has 0 unspecified atom stereocenters. The van der Waals surface area contributed by atoms with Crippen LogP contribution in [0, 0.1) is 13.8 Å². The first kappa shape index (κ1) is 13.0. The molecule has 0 aromatic heterocycles. The Hall–Kier alpha value is -1.45. The standard InChI is InChI=1S/C14H17F2NO/c1-9-6-10(2)12-4-5-17(8-11(12)7-9)13(18)14(3,15)16/h6-7H,4-5,8H2,1-3H3. The van der Waals surface area contributed by atoms with Crippen molar-refractivity contribution in [2.45, 2.75) is 39.7 Å². The van der Waals surface area contributed by atoms with Gasteiger partial charge >= 0.3 is 5.92 Å². The third kappa shape index (κ3) is 2.37. The Morgan fingerprint density at radius 2 is 2.00 bits per heavy atom. The molecule has 1 heterocycles. The van der Waals surface area contributed by atoms with Gasteiger partial charge in [0.2, 0.25) is 0 Å². The van der Waals surface area contributed by atoms with Gasteiger partial charge in [-0.3, -0.25) is 4.79 Å². The topological polar surface area (TPSA) is 20.3 Å². The van der Waals surface area contributed by atoms with E-state index in [0.29, 0.717) is 26.4 Å². The number of carbonyl (C=O) groups excluding carboxylic acids is 1. The Balaban J connectivity index is 2.28. The third-order valence-electron chi connectivity index (χ3n) is 3.37. The van der Waals surface area contributed by atoms with Crippen LogP contribution in [0.25, 0.3) is 0 Å². The second-order valence-electron chi connectivity index (χ2n) is 5.08. The summed E-state index contributed by atoms with van der Waals surface area (Å²) in [6.45, 7) is 5.33. The predicted octanol–water partition coefficient (Wildman–Crippen LogP) is 2.84. The van der Waals surface area contributed by atoms with Gasteiger partial charge in [0.25, 0.3) is 5.91 Å². The molecule has 0 aliphatic carbocycles. The van der Waals surface area contributed by atoms with E-state index in [-0.39, 0.29) is 0 Å². The zero-order valence-electron chi connectivity index (χ0n) is 10.9. The smallest absolute Gasteiger partial charge is 0.322 e. The Kier molecular flexibility index (Phi) is 3.13. The molecule has 0 radical (unpaired) electrons. The van der Waals surface area contributed by atoms with Crippen LogP contribution in [0.2, 0.25) is 0 Å². The van der Waals surface area contributed by atoms with Crippen molar-refractivity contribution < 1.29 is 13.6 Å². The van der Waals surface area contributed by atoms with Crippen molar-refractivity contribution in [2.24, 2.45) is 0 Å². The van der Waals surface area contributed by atoms with Crippen LogP contribution in [0.4, 0.5) is 8.78 Å². The second kappa shape index (κ2) is 4.34. The first-order chi connectivity index (χ1) is 8.29. The van der Waals surface area contributed by atoms with Crippen molar-refractivity contribution in [3.8, 4) is 0 Å². The summed E-state index contributed by atoms with van der Waals surface area (Å²) in [5, 5.41) is 0. The Labute approximate surface area is 106 Å². The predicted molar refractivity (Wildman–Crippen MR) is 65.7 cm³/mol. The summed E-state index contributed by atoms with van der Waals surface area (Å²) in [7, 11) is 0. The molecule has 0 saturated carbocycles. The molecule has 2 nitrogen and oxygen atoms in total. The third-order valence-corrected chi connectivity index (χ3v) is 3.37. The Morgan fingerprint density at radius 1 is 1.33 bits per heavy atom. The largest absolute Gasteiger partial charge is 0.333 e. The molecule has 0 atom stereocenters. The van der Waals surface area contributed by atoms with Gasteiger partial charge in [0.15, 0.2) is 0 Å². The number of hydrogen-bond acceptors (Lipinski definition) is 1. The molecule has 18 heavy (non-hydrogen) atoms. The van der Waals surface area contributed by atoms with Crippen molar-refractivity contribution in [2.75, 3.05) is 6.54 Å². The Bertz CT molecular complexity index is 491. The molecule has 1 aromatic rings. The SMILES string of the molecule is Cc1cc(C)c2c(c1)CN(C(=O)C(C)(F)F)CC2. The molecular weight excluding hydrogens is 236 g/mol. The number of alkyl halides is 2. The fourth-order valence-corrected chi connectivity index (χ4v) is 2.57. The van der Waals surface area contributed by atoms with Crippen LogP contribution >= 0.6 is 0 Å². The van der Waals surface area contributed by atoms with Crippen molar-refractivity contribution >= 4 is 5.91 Å². The minimum Gasteiger partial charge on any atom is -0.333 e. The summed E-state index contributed by atoms with van der Waals surface area (Å²) >= 11 is 0. The highest BCUT2D eigenvalue weighted by atomic mass is 19.3. The Morgan fingerprint density at radius 3 is 2.61 bits per heavy atom. The number of benzene rings is 1. The van der Waals surface area contributed by atoms with Crippen LogP contribution in [0.15, 0.2) is 12.1 Å². The molecule has 2 rings (SSSR count). The van der Waals surface area contributed by atoms with Crippen LogP contribution < -0.4 is 0 Å². The van der Waals surface area contributed by atoms with Gasteiger partial charge in [-0.15, -0.1) is 0 Å². The van der Waals surface area contributed by atoms with E-state index in [1.165, 1.54) is 16.0 Å². The summed E-state index contributed by atoms with van der Waals surface area (Å²) in [4.78, 5) is 12.8. The van der Waals surface area contributed by atoms with Crippen molar-refractivity contribution in [3.63, 3.8) is 0 Å². The first-order valence-electron chi connectivity index (χ1n) is 6.05. The second-order valence-corrected chi connectivity index (χ2v) is 5.08. The van der Waals surface area contributed by atoms with E-state index in [0.717, 1.165) is 11.1 Å². The molecule has 4 heteroatoms. The van der Waals surface area contributed by atoms with Crippen LogP contribution in [0.3, 0.4) is 0 Å². The van der Waals surface area contributed by atoms with E-state index in [2.05, 4.69) is 6.07 Å². The van der Waals surface area contributed by atoms with E-state index in [9.17, 15) is 13.6 Å². The molecular formula is C14H17F2NO. The highest BCUT2D eigenvalue weighted by Crippen LogP contribution is 2.26. The summed E-state index contributed by atoms with van der Waals surface area (Å²) in [5.74, 6) is -4.36. The molecule has 0 bridgehead atoms. The number of fused-ring (bicyclic) bond motifs is 1. The lowest BCUT2D eigenvalue weighted by molar-refractivity contribution is -0.155. The number of nitrogens with zero attached hydrogens (tertiary/aromatic N) is 1. The molecule has 0 saturated heterocycles. The van der Waals surface area contributed by atoms with Gasteiger partial charge in [0, 0.05) is 20.0 Å². The maximum Gasteiger partial charge on any atom is 0.322 e. The quantitative estimate of drug-likeness (QED) is 0.753. The van der Waals surface area contributed by atoms with E-state index in [1.54, 1.807) is 0 Å². The molecule has 1 aliphatic rings. The highest BCUT2D eigenvalue weighted by Gasteiger charge is 2.37. The molecule has 0 fully saturated rings. The van der Waals surface area contributed by atoms with Gasteiger partial charge in [-0.05, 0) is 37.0 Å². The van der Waals surface area contributed by atoms with Gasteiger partial charge in [0.1, 0.15) is 0 Å². The molecule has 1 aliphatic heterocycles.